The van der Waals surface area contributed by atoms with Crippen LogP contribution in [0.1, 0.15) is 16.7 Å². The number of aromatic hydroxyl groups is 1. The number of rotatable bonds is 5. The van der Waals surface area contributed by atoms with Crippen LogP contribution in [0.15, 0.2) is 77.8 Å². The zero-order valence-corrected chi connectivity index (χ0v) is 15.3. The van der Waals surface area contributed by atoms with Gasteiger partial charge >= 0.3 is 0 Å². The molecule has 0 unspecified atom stereocenters. The van der Waals surface area contributed by atoms with E-state index in [4.69, 9.17) is 4.99 Å². The van der Waals surface area contributed by atoms with Gasteiger partial charge in [-0.05, 0) is 42.8 Å². The Balaban J connectivity index is 1.90. The Morgan fingerprint density at radius 3 is 2.50 bits per heavy atom. The van der Waals surface area contributed by atoms with Crippen LogP contribution in [0.2, 0.25) is 0 Å². The maximum Gasteiger partial charge on any atom is 0.211 e. The summed E-state index contributed by atoms with van der Waals surface area (Å²) in [5.41, 5.74) is 5.62. The topological polar surface area (TPSA) is 77.5 Å². The number of aliphatic imine (C=N–C) groups is 1. The molecule has 5 heteroatoms. The second-order valence-electron chi connectivity index (χ2n) is 6.53. The lowest BCUT2D eigenvalue weighted by Crippen LogP contribution is -2.02. The predicted octanol–water partition coefficient (Wildman–Crippen LogP) is 4.92. The maximum absolute atomic E-state index is 10.7. The minimum Gasteiger partial charge on any atom is -0.494 e. The summed E-state index contributed by atoms with van der Waals surface area (Å²) in [5, 5.41) is 14.2. The number of carbonyl (C=O) groups excluding carboxylic acids is 1. The summed E-state index contributed by atoms with van der Waals surface area (Å²) in [6, 6.07) is 23.0. The number of H-pyrrole nitrogens is 1. The Morgan fingerprint density at radius 1 is 1.04 bits per heavy atom. The zero-order chi connectivity index (χ0) is 19.5. The molecule has 0 atom stereocenters. The van der Waals surface area contributed by atoms with Gasteiger partial charge in [0, 0.05) is 22.2 Å². The van der Waals surface area contributed by atoms with Crippen LogP contribution in [0.5, 0.6) is 5.88 Å². The highest BCUT2D eigenvalue weighted by Gasteiger charge is 2.18. The van der Waals surface area contributed by atoms with E-state index in [9.17, 15) is 9.90 Å². The van der Waals surface area contributed by atoms with Crippen molar-refractivity contribution >= 4 is 34.4 Å². The smallest absolute Gasteiger partial charge is 0.211 e. The van der Waals surface area contributed by atoms with E-state index >= 15 is 0 Å². The average Bonchev–Trinajstić information content (AvgIpc) is 3.03. The lowest BCUT2D eigenvalue weighted by molar-refractivity contribution is -0.105. The minimum absolute atomic E-state index is 0.0856. The molecule has 0 fully saturated rings. The molecule has 138 valence electrons. The highest BCUT2D eigenvalue weighted by molar-refractivity contribution is 6.21. The molecule has 1 aromatic heterocycles. The van der Waals surface area contributed by atoms with Gasteiger partial charge in [-0.25, -0.2) is 4.99 Å². The molecule has 3 N–H and O–H groups in total. The molecule has 5 nitrogen and oxygen atoms in total. The average molecular weight is 369 g/mol. The molecule has 0 radical (unpaired) electrons. The Morgan fingerprint density at radius 2 is 1.79 bits per heavy atom. The second kappa shape index (κ2) is 7.40. The first-order valence-corrected chi connectivity index (χ1v) is 8.92. The van der Waals surface area contributed by atoms with Crippen molar-refractivity contribution in [3.63, 3.8) is 0 Å². The van der Waals surface area contributed by atoms with Gasteiger partial charge in [0.05, 0.1) is 17.0 Å². The van der Waals surface area contributed by atoms with Gasteiger partial charge in [0.25, 0.3) is 0 Å². The van der Waals surface area contributed by atoms with Crippen LogP contribution in [0.4, 0.5) is 11.4 Å². The first-order chi connectivity index (χ1) is 13.7. The zero-order valence-electron chi connectivity index (χ0n) is 15.3. The Hall–Kier alpha value is -3.86. The number of amides is 1. The van der Waals surface area contributed by atoms with Crippen molar-refractivity contribution in [3.05, 3.63) is 89.5 Å². The monoisotopic (exact) mass is 369 g/mol. The van der Waals surface area contributed by atoms with Crippen molar-refractivity contribution < 1.29 is 9.90 Å². The fraction of sp³-hybridized carbons (Fsp3) is 0.0435. The molecule has 0 aliphatic carbocycles. The first-order valence-electron chi connectivity index (χ1n) is 8.92. The summed E-state index contributed by atoms with van der Waals surface area (Å²) in [7, 11) is 0. The van der Waals surface area contributed by atoms with Gasteiger partial charge < -0.3 is 15.4 Å². The van der Waals surface area contributed by atoms with Gasteiger partial charge in [-0.3, -0.25) is 4.79 Å². The summed E-state index contributed by atoms with van der Waals surface area (Å²) in [6.45, 7) is 2.01. The minimum atomic E-state index is 0.0856. The van der Waals surface area contributed by atoms with Crippen LogP contribution in [0.25, 0.3) is 10.9 Å². The van der Waals surface area contributed by atoms with Crippen LogP contribution in [0.3, 0.4) is 0 Å². The lowest BCUT2D eigenvalue weighted by atomic mass is 10.0. The number of fused-ring (bicyclic) bond motifs is 1. The fourth-order valence-corrected chi connectivity index (χ4v) is 3.23. The van der Waals surface area contributed by atoms with Crippen LogP contribution >= 0.6 is 0 Å². The maximum atomic E-state index is 10.7. The largest absolute Gasteiger partial charge is 0.494 e. The molecule has 4 aromatic rings. The normalized spacial score (nSPS) is 11.5. The molecule has 4 rings (SSSR count). The van der Waals surface area contributed by atoms with Crippen molar-refractivity contribution in [1.82, 2.24) is 4.98 Å². The number of aromatic amines is 1. The summed E-state index contributed by atoms with van der Waals surface area (Å²) in [4.78, 5) is 18.5. The van der Waals surface area contributed by atoms with Gasteiger partial charge in [-0.1, -0.05) is 42.5 Å². The summed E-state index contributed by atoms with van der Waals surface area (Å²) < 4.78 is 0. The second-order valence-corrected chi connectivity index (χ2v) is 6.53. The van der Waals surface area contributed by atoms with Crippen LogP contribution in [-0.2, 0) is 4.79 Å². The molecule has 0 spiro atoms. The van der Waals surface area contributed by atoms with E-state index in [0.717, 1.165) is 27.7 Å². The van der Waals surface area contributed by atoms with Crippen molar-refractivity contribution in [2.24, 2.45) is 4.99 Å². The number of nitrogens with one attached hydrogen (secondary N) is 2. The quantitative estimate of drug-likeness (QED) is 0.345. The van der Waals surface area contributed by atoms with Crippen molar-refractivity contribution in [2.45, 2.75) is 6.92 Å². The number of nitrogens with zero attached hydrogens (tertiary/aromatic N) is 1. The Labute approximate surface area is 162 Å². The number of aryl methyl sites for hydroxylation is 1. The van der Waals surface area contributed by atoms with E-state index in [0.29, 0.717) is 23.4 Å². The third-order valence-corrected chi connectivity index (χ3v) is 4.55. The van der Waals surface area contributed by atoms with Crippen LogP contribution in [0, 0.1) is 6.92 Å². The van der Waals surface area contributed by atoms with Gasteiger partial charge in [0.1, 0.15) is 0 Å². The molecular weight excluding hydrogens is 350 g/mol. The molecule has 3 aromatic carbocycles. The van der Waals surface area contributed by atoms with E-state index in [1.165, 1.54) is 0 Å². The SMILES string of the molecule is Cc1ccc2c(C(=Nc3ccc(NC=O)cc3)c3ccccc3)c(O)[nH]c2c1. The van der Waals surface area contributed by atoms with E-state index in [1.807, 2.05) is 67.6 Å². The van der Waals surface area contributed by atoms with Gasteiger partial charge in [0.2, 0.25) is 6.41 Å². The van der Waals surface area contributed by atoms with Crippen molar-refractivity contribution in [3.8, 4) is 5.88 Å². The Bertz CT molecular complexity index is 1160. The number of carbonyl (C=O) groups is 1. The Kier molecular flexibility index (Phi) is 4.64. The molecule has 1 amide bonds. The fourth-order valence-electron chi connectivity index (χ4n) is 3.23. The van der Waals surface area contributed by atoms with Crippen molar-refractivity contribution in [1.29, 1.82) is 0 Å². The molecule has 0 bridgehead atoms. The van der Waals surface area contributed by atoms with Gasteiger partial charge in [-0.2, -0.15) is 0 Å². The van der Waals surface area contributed by atoms with Crippen molar-refractivity contribution in [2.75, 3.05) is 5.32 Å². The molecular formula is C23H19N3O2. The highest BCUT2D eigenvalue weighted by Crippen LogP contribution is 2.32. The van der Waals surface area contributed by atoms with E-state index in [-0.39, 0.29) is 5.88 Å². The third-order valence-electron chi connectivity index (χ3n) is 4.55. The highest BCUT2D eigenvalue weighted by atomic mass is 16.3. The number of hydrogen-bond acceptors (Lipinski definition) is 3. The van der Waals surface area contributed by atoms with E-state index in [1.54, 1.807) is 12.1 Å². The third kappa shape index (κ3) is 3.38. The van der Waals surface area contributed by atoms with Gasteiger partial charge in [0.15, 0.2) is 5.88 Å². The first kappa shape index (κ1) is 17.5. The molecule has 0 saturated heterocycles. The summed E-state index contributed by atoms with van der Waals surface area (Å²) in [6.07, 6.45) is 0.639. The summed E-state index contributed by atoms with van der Waals surface area (Å²) >= 11 is 0. The predicted molar refractivity (Wildman–Crippen MR) is 113 cm³/mol. The molecule has 0 aliphatic rings. The molecule has 0 aliphatic heterocycles. The lowest BCUT2D eigenvalue weighted by Gasteiger charge is -2.08. The molecule has 28 heavy (non-hydrogen) atoms. The van der Waals surface area contributed by atoms with E-state index in [2.05, 4.69) is 10.3 Å². The number of hydrogen-bond donors (Lipinski definition) is 3. The molecule has 1 heterocycles. The molecule has 0 saturated carbocycles. The van der Waals surface area contributed by atoms with Gasteiger partial charge in [-0.15, -0.1) is 0 Å². The number of anilines is 1. The van der Waals surface area contributed by atoms with E-state index < -0.39 is 0 Å². The van der Waals surface area contributed by atoms with Crippen LogP contribution in [-0.4, -0.2) is 22.2 Å². The summed E-state index contributed by atoms with van der Waals surface area (Å²) in [5.74, 6) is 0.0856. The van der Waals surface area contributed by atoms with Crippen LogP contribution < -0.4 is 5.32 Å². The number of benzene rings is 3. The number of aromatic nitrogens is 1. The standard InChI is InChI=1S/C23H19N3O2/c1-15-7-12-19-20(13-15)26-23(28)21(19)22(16-5-3-2-4-6-16)25-18-10-8-17(9-11-18)24-14-27/h2-14,26,28H,1H3,(H,24,27).